The Morgan fingerprint density at radius 2 is 2.00 bits per heavy atom. The molecule has 0 aliphatic rings. The SMILES string of the molecule is CSc1cccc(NS(=O)(=O)c2ccc(C#N)cc2N)c1. The van der Waals surface area contributed by atoms with Crippen LogP contribution >= 0.6 is 11.8 Å². The van der Waals surface area contributed by atoms with Gasteiger partial charge in [0.05, 0.1) is 17.3 Å². The van der Waals surface area contributed by atoms with Crippen LogP contribution in [-0.2, 0) is 10.0 Å². The summed E-state index contributed by atoms with van der Waals surface area (Å²) in [5, 5.41) is 8.78. The molecular formula is C14H13N3O2S2. The van der Waals surface area contributed by atoms with Gasteiger partial charge in [-0.2, -0.15) is 5.26 Å². The molecule has 0 bridgehead atoms. The van der Waals surface area contributed by atoms with E-state index in [1.807, 2.05) is 18.4 Å². The van der Waals surface area contributed by atoms with Crippen molar-refractivity contribution in [3.8, 4) is 6.07 Å². The number of hydrogen-bond acceptors (Lipinski definition) is 5. The molecule has 0 heterocycles. The van der Waals surface area contributed by atoms with Crippen molar-refractivity contribution in [2.24, 2.45) is 0 Å². The highest BCUT2D eigenvalue weighted by Gasteiger charge is 2.18. The minimum atomic E-state index is -3.79. The zero-order valence-corrected chi connectivity index (χ0v) is 12.8. The van der Waals surface area contributed by atoms with Crippen molar-refractivity contribution in [3.63, 3.8) is 0 Å². The minimum Gasteiger partial charge on any atom is -0.398 e. The van der Waals surface area contributed by atoms with Gasteiger partial charge >= 0.3 is 0 Å². The maximum atomic E-state index is 12.3. The van der Waals surface area contributed by atoms with Gasteiger partial charge in [-0.1, -0.05) is 6.07 Å². The second-order valence-electron chi connectivity index (χ2n) is 4.20. The fourth-order valence-electron chi connectivity index (χ4n) is 1.76. The van der Waals surface area contributed by atoms with E-state index in [1.165, 1.54) is 30.0 Å². The second-order valence-corrected chi connectivity index (χ2v) is 6.73. The molecule has 0 aliphatic carbocycles. The van der Waals surface area contributed by atoms with Crippen LogP contribution in [0.2, 0.25) is 0 Å². The molecule has 0 fully saturated rings. The molecule has 2 aromatic rings. The fourth-order valence-corrected chi connectivity index (χ4v) is 3.38. The third kappa shape index (κ3) is 3.48. The number of nitrogens with one attached hydrogen (secondary N) is 1. The molecule has 7 heteroatoms. The summed E-state index contributed by atoms with van der Waals surface area (Å²) in [5.41, 5.74) is 6.54. The first-order valence-corrected chi connectivity index (χ1v) is 8.63. The van der Waals surface area contributed by atoms with E-state index in [0.29, 0.717) is 11.3 Å². The predicted molar refractivity (Wildman–Crippen MR) is 84.6 cm³/mol. The summed E-state index contributed by atoms with van der Waals surface area (Å²) in [4.78, 5) is 0.902. The summed E-state index contributed by atoms with van der Waals surface area (Å²) in [5.74, 6) is 0. The van der Waals surface area contributed by atoms with Crippen molar-refractivity contribution in [1.82, 2.24) is 0 Å². The van der Waals surface area contributed by atoms with Gasteiger partial charge < -0.3 is 5.73 Å². The lowest BCUT2D eigenvalue weighted by Crippen LogP contribution is -2.14. The Morgan fingerprint density at radius 3 is 2.62 bits per heavy atom. The van der Waals surface area contributed by atoms with Crippen LogP contribution in [0.5, 0.6) is 0 Å². The van der Waals surface area contributed by atoms with Crippen molar-refractivity contribution < 1.29 is 8.42 Å². The van der Waals surface area contributed by atoms with Crippen molar-refractivity contribution in [1.29, 1.82) is 5.26 Å². The van der Waals surface area contributed by atoms with Crippen LogP contribution in [0, 0.1) is 11.3 Å². The standard InChI is InChI=1S/C14H13N3O2S2/c1-20-12-4-2-3-11(8-12)17-21(18,19)14-6-5-10(9-15)7-13(14)16/h2-8,17H,16H2,1H3. The number of hydrogen-bond donors (Lipinski definition) is 2. The van der Waals surface area contributed by atoms with E-state index in [9.17, 15) is 8.42 Å². The van der Waals surface area contributed by atoms with E-state index in [-0.39, 0.29) is 10.6 Å². The smallest absolute Gasteiger partial charge is 0.263 e. The maximum absolute atomic E-state index is 12.3. The number of sulfonamides is 1. The van der Waals surface area contributed by atoms with Gasteiger partial charge in [0.1, 0.15) is 4.90 Å². The zero-order chi connectivity index (χ0) is 15.5. The molecule has 108 valence electrons. The Morgan fingerprint density at radius 1 is 1.24 bits per heavy atom. The van der Waals surface area contributed by atoms with Crippen molar-refractivity contribution >= 4 is 33.2 Å². The summed E-state index contributed by atoms with van der Waals surface area (Å²) in [6, 6.07) is 13.1. The molecule has 0 spiro atoms. The Hall–Kier alpha value is -2.17. The first-order chi connectivity index (χ1) is 9.96. The largest absolute Gasteiger partial charge is 0.398 e. The number of benzene rings is 2. The Balaban J connectivity index is 2.36. The molecular weight excluding hydrogens is 306 g/mol. The number of thioether (sulfide) groups is 1. The average molecular weight is 319 g/mol. The summed E-state index contributed by atoms with van der Waals surface area (Å²) in [7, 11) is -3.79. The molecule has 21 heavy (non-hydrogen) atoms. The Bertz CT molecular complexity index is 811. The molecule has 3 N–H and O–H groups in total. The quantitative estimate of drug-likeness (QED) is 0.667. The predicted octanol–water partition coefficient (Wildman–Crippen LogP) is 2.66. The monoisotopic (exact) mass is 319 g/mol. The number of nitriles is 1. The van der Waals surface area contributed by atoms with Gasteiger partial charge in [-0.05, 0) is 42.7 Å². The van der Waals surface area contributed by atoms with Crippen LogP contribution in [0.1, 0.15) is 5.56 Å². The molecule has 0 saturated heterocycles. The highest BCUT2D eigenvalue weighted by Crippen LogP contribution is 2.24. The van der Waals surface area contributed by atoms with Gasteiger partial charge in [0.25, 0.3) is 10.0 Å². The summed E-state index contributed by atoms with van der Waals surface area (Å²) < 4.78 is 27.2. The van der Waals surface area contributed by atoms with Crippen LogP contribution in [-0.4, -0.2) is 14.7 Å². The molecule has 0 aromatic heterocycles. The molecule has 2 aromatic carbocycles. The van der Waals surface area contributed by atoms with Crippen LogP contribution in [0.15, 0.2) is 52.3 Å². The highest BCUT2D eigenvalue weighted by molar-refractivity contribution is 7.98. The lowest BCUT2D eigenvalue weighted by atomic mass is 10.2. The van der Waals surface area contributed by atoms with Gasteiger partial charge in [0, 0.05) is 10.6 Å². The average Bonchev–Trinajstić information content (AvgIpc) is 2.46. The van der Waals surface area contributed by atoms with E-state index in [0.717, 1.165) is 4.90 Å². The van der Waals surface area contributed by atoms with Crippen molar-refractivity contribution in [2.45, 2.75) is 9.79 Å². The van der Waals surface area contributed by atoms with Gasteiger partial charge in [-0.3, -0.25) is 4.72 Å². The molecule has 0 aliphatic heterocycles. The van der Waals surface area contributed by atoms with Crippen LogP contribution in [0.25, 0.3) is 0 Å². The Labute approximate surface area is 127 Å². The second kappa shape index (κ2) is 6.08. The number of anilines is 2. The first kappa shape index (κ1) is 15.2. The normalized spacial score (nSPS) is 10.9. The van der Waals surface area contributed by atoms with Crippen LogP contribution < -0.4 is 10.5 Å². The van der Waals surface area contributed by atoms with E-state index in [1.54, 1.807) is 18.2 Å². The number of nitrogen functional groups attached to an aromatic ring is 1. The maximum Gasteiger partial charge on any atom is 0.263 e. The lowest BCUT2D eigenvalue weighted by Gasteiger charge is -2.11. The van der Waals surface area contributed by atoms with Gasteiger partial charge in [-0.25, -0.2) is 8.42 Å². The number of rotatable bonds is 4. The lowest BCUT2D eigenvalue weighted by molar-refractivity contribution is 0.601. The van der Waals surface area contributed by atoms with Crippen LogP contribution in [0.4, 0.5) is 11.4 Å². The third-order valence-corrected chi connectivity index (χ3v) is 4.93. The number of nitrogens with zero attached hydrogens (tertiary/aromatic N) is 1. The molecule has 0 unspecified atom stereocenters. The molecule has 0 saturated carbocycles. The van der Waals surface area contributed by atoms with Gasteiger partial charge in [0.15, 0.2) is 0 Å². The summed E-state index contributed by atoms with van der Waals surface area (Å²) in [6.07, 6.45) is 1.91. The first-order valence-electron chi connectivity index (χ1n) is 5.93. The van der Waals surface area contributed by atoms with E-state index >= 15 is 0 Å². The molecule has 0 radical (unpaired) electrons. The zero-order valence-electron chi connectivity index (χ0n) is 11.2. The Kier molecular flexibility index (Phi) is 4.40. The summed E-state index contributed by atoms with van der Waals surface area (Å²) >= 11 is 1.52. The summed E-state index contributed by atoms with van der Waals surface area (Å²) in [6.45, 7) is 0. The minimum absolute atomic E-state index is 0.0440. The van der Waals surface area contributed by atoms with Crippen molar-refractivity contribution in [2.75, 3.05) is 16.7 Å². The highest BCUT2D eigenvalue weighted by atomic mass is 32.2. The molecule has 0 atom stereocenters. The van der Waals surface area contributed by atoms with E-state index in [2.05, 4.69) is 4.72 Å². The van der Waals surface area contributed by atoms with Crippen LogP contribution in [0.3, 0.4) is 0 Å². The van der Waals surface area contributed by atoms with Gasteiger partial charge in [0.2, 0.25) is 0 Å². The number of nitrogens with two attached hydrogens (primary N) is 1. The van der Waals surface area contributed by atoms with E-state index in [4.69, 9.17) is 11.0 Å². The molecule has 5 nitrogen and oxygen atoms in total. The van der Waals surface area contributed by atoms with Gasteiger partial charge in [-0.15, -0.1) is 11.8 Å². The fraction of sp³-hybridized carbons (Fsp3) is 0.0714. The topological polar surface area (TPSA) is 96.0 Å². The third-order valence-electron chi connectivity index (χ3n) is 2.75. The molecule has 2 rings (SSSR count). The molecule has 0 amide bonds. The van der Waals surface area contributed by atoms with E-state index < -0.39 is 10.0 Å². The van der Waals surface area contributed by atoms with Crippen molar-refractivity contribution in [3.05, 3.63) is 48.0 Å².